The van der Waals surface area contributed by atoms with Crippen LogP contribution in [0.3, 0.4) is 0 Å². The molecule has 0 aliphatic carbocycles. The lowest BCUT2D eigenvalue weighted by Crippen LogP contribution is -2.38. The van der Waals surface area contributed by atoms with E-state index in [4.69, 9.17) is 16.7 Å². The molecular formula is C8H10ClN3O3. The van der Waals surface area contributed by atoms with Crippen LogP contribution in [0.1, 0.15) is 17.4 Å². The van der Waals surface area contributed by atoms with Gasteiger partial charge >= 0.3 is 5.97 Å². The topological polar surface area (TPSA) is 84.2 Å². The zero-order valence-corrected chi connectivity index (χ0v) is 8.95. The molecule has 0 aromatic carbocycles. The summed E-state index contributed by atoms with van der Waals surface area (Å²) in [5.41, 5.74) is 0.0931. The number of aryl methyl sites for hydroxylation is 1. The molecule has 1 atom stereocenters. The van der Waals surface area contributed by atoms with E-state index in [0.29, 0.717) is 5.15 Å². The first-order valence-corrected chi connectivity index (χ1v) is 4.53. The maximum atomic E-state index is 11.4. The molecular weight excluding hydrogens is 222 g/mol. The van der Waals surface area contributed by atoms with E-state index in [9.17, 15) is 9.59 Å². The van der Waals surface area contributed by atoms with E-state index in [1.54, 1.807) is 7.05 Å². The van der Waals surface area contributed by atoms with Gasteiger partial charge in [-0.3, -0.25) is 14.3 Å². The highest BCUT2D eigenvalue weighted by Crippen LogP contribution is 2.08. The number of nitrogens with one attached hydrogen (secondary N) is 1. The Balaban J connectivity index is 2.73. The summed E-state index contributed by atoms with van der Waals surface area (Å²) in [6, 6.07) is 0.407. The molecule has 0 saturated carbocycles. The number of nitrogens with zero attached hydrogens (tertiary/aromatic N) is 2. The third kappa shape index (κ3) is 2.69. The van der Waals surface area contributed by atoms with Crippen LogP contribution in [0.5, 0.6) is 0 Å². The molecule has 0 aliphatic heterocycles. The number of aromatic nitrogens is 2. The summed E-state index contributed by atoms with van der Waals surface area (Å²) in [6.45, 7) is 1.37. The van der Waals surface area contributed by atoms with Crippen LogP contribution in [0.2, 0.25) is 5.15 Å². The molecule has 7 heteroatoms. The van der Waals surface area contributed by atoms with Gasteiger partial charge in [0.1, 0.15) is 11.2 Å². The summed E-state index contributed by atoms with van der Waals surface area (Å²) in [7, 11) is 1.58. The molecule has 1 rings (SSSR count). The number of hydrogen-bond donors (Lipinski definition) is 2. The number of carboxylic acid groups (broad SMARTS) is 1. The van der Waals surface area contributed by atoms with Crippen molar-refractivity contribution in [3.8, 4) is 0 Å². The predicted octanol–water partition coefficient (Wildman–Crippen LogP) is 0.276. The minimum Gasteiger partial charge on any atom is -0.480 e. The van der Waals surface area contributed by atoms with Crippen molar-refractivity contribution < 1.29 is 14.7 Å². The Labute approximate surface area is 90.8 Å². The van der Waals surface area contributed by atoms with E-state index in [1.807, 2.05) is 0 Å². The number of carbonyl (C=O) groups is 2. The normalized spacial score (nSPS) is 12.2. The van der Waals surface area contributed by atoms with Crippen LogP contribution in [-0.4, -0.2) is 32.8 Å². The van der Waals surface area contributed by atoms with Crippen molar-refractivity contribution >= 4 is 23.5 Å². The first-order chi connectivity index (χ1) is 6.91. The Bertz CT molecular complexity index is 382. The molecule has 6 nitrogen and oxygen atoms in total. The highest BCUT2D eigenvalue weighted by Gasteiger charge is 2.17. The number of halogens is 1. The standard InChI is InChI=1S/C8H10ClN3O3/c1-4(8(14)15)10-7(13)5-3-6(9)12(2)11-5/h3-4H,1-2H3,(H,10,13)(H,14,15)/t4-/m0/s1. The zero-order chi connectivity index (χ0) is 11.6. The van der Waals surface area contributed by atoms with E-state index < -0.39 is 17.9 Å². The Kier molecular flexibility index (Phi) is 3.31. The Hall–Kier alpha value is -1.56. The van der Waals surface area contributed by atoms with Gasteiger partial charge in [-0.15, -0.1) is 0 Å². The van der Waals surface area contributed by atoms with Crippen molar-refractivity contribution in [3.63, 3.8) is 0 Å². The monoisotopic (exact) mass is 231 g/mol. The fraction of sp³-hybridized carbons (Fsp3) is 0.375. The van der Waals surface area contributed by atoms with Crippen LogP contribution in [0.15, 0.2) is 6.07 Å². The fourth-order valence-corrected chi connectivity index (χ4v) is 1.03. The van der Waals surface area contributed by atoms with E-state index >= 15 is 0 Å². The van der Waals surface area contributed by atoms with Crippen LogP contribution in [0.25, 0.3) is 0 Å². The average molecular weight is 232 g/mol. The van der Waals surface area contributed by atoms with E-state index in [-0.39, 0.29) is 5.69 Å². The molecule has 0 unspecified atom stereocenters. The minimum atomic E-state index is -1.11. The molecule has 15 heavy (non-hydrogen) atoms. The van der Waals surface area contributed by atoms with Crippen LogP contribution < -0.4 is 5.32 Å². The van der Waals surface area contributed by atoms with Gasteiger partial charge < -0.3 is 10.4 Å². The lowest BCUT2D eigenvalue weighted by atomic mass is 10.3. The summed E-state index contributed by atoms with van der Waals surface area (Å²) in [4.78, 5) is 21.9. The number of aliphatic carboxylic acids is 1. The van der Waals surface area contributed by atoms with Crippen molar-refractivity contribution in [2.24, 2.45) is 7.05 Å². The number of hydrogen-bond acceptors (Lipinski definition) is 3. The van der Waals surface area contributed by atoms with E-state index in [2.05, 4.69) is 10.4 Å². The molecule has 1 heterocycles. The van der Waals surface area contributed by atoms with Gasteiger partial charge in [-0.2, -0.15) is 5.10 Å². The largest absolute Gasteiger partial charge is 0.480 e. The molecule has 0 aliphatic rings. The summed E-state index contributed by atoms with van der Waals surface area (Å²) in [5.74, 6) is -1.67. The molecule has 1 aromatic heterocycles. The summed E-state index contributed by atoms with van der Waals surface area (Å²) in [5, 5.41) is 14.9. The molecule has 0 radical (unpaired) electrons. The maximum Gasteiger partial charge on any atom is 0.325 e. The van der Waals surface area contributed by atoms with Gasteiger partial charge in [-0.25, -0.2) is 0 Å². The molecule has 0 spiro atoms. The van der Waals surface area contributed by atoms with Crippen LogP contribution in [0.4, 0.5) is 0 Å². The molecule has 0 bridgehead atoms. The number of carbonyl (C=O) groups excluding carboxylic acids is 1. The number of amides is 1. The second-order valence-electron chi connectivity index (χ2n) is 3.01. The fourth-order valence-electron chi connectivity index (χ4n) is 0.888. The van der Waals surface area contributed by atoms with Crippen molar-refractivity contribution in [1.29, 1.82) is 0 Å². The lowest BCUT2D eigenvalue weighted by Gasteiger charge is -2.06. The lowest BCUT2D eigenvalue weighted by molar-refractivity contribution is -0.138. The second-order valence-corrected chi connectivity index (χ2v) is 3.40. The van der Waals surface area contributed by atoms with Crippen molar-refractivity contribution in [1.82, 2.24) is 15.1 Å². The summed E-state index contributed by atoms with van der Waals surface area (Å²) >= 11 is 5.68. The maximum absolute atomic E-state index is 11.4. The van der Waals surface area contributed by atoms with E-state index in [1.165, 1.54) is 17.7 Å². The molecule has 0 saturated heterocycles. The first-order valence-electron chi connectivity index (χ1n) is 4.15. The van der Waals surface area contributed by atoms with Gasteiger partial charge in [0.15, 0.2) is 5.69 Å². The number of carboxylic acids is 1. The van der Waals surface area contributed by atoms with Gasteiger partial charge in [0.25, 0.3) is 5.91 Å². The summed E-state index contributed by atoms with van der Waals surface area (Å²) < 4.78 is 1.32. The molecule has 2 N–H and O–H groups in total. The van der Waals surface area contributed by atoms with Gasteiger partial charge in [0, 0.05) is 13.1 Å². The molecule has 1 aromatic rings. The van der Waals surface area contributed by atoms with Crippen molar-refractivity contribution in [3.05, 3.63) is 16.9 Å². The van der Waals surface area contributed by atoms with Crippen molar-refractivity contribution in [2.45, 2.75) is 13.0 Å². The number of rotatable bonds is 3. The Morgan fingerprint density at radius 3 is 2.67 bits per heavy atom. The van der Waals surface area contributed by atoms with Gasteiger partial charge in [0.2, 0.25) is 0 Å². The third-order valence-corrected chi connectivity index (χ3v) is 2.13. The minimum absolute atomic E-state index is 0.0931. The Morgan fingerprint density at radius 1 is 1.67 bits per heavy atom. The first kappa shape index (κ1) is 11.5. The predicted molar refractivity (Wildman–Crippen MR) is 52.8 cm³/mol. The summed E-state index contributed by atoms with van der Waals surface area (Å²) in [6.07, 6.45) is 0. The Morgan fingerprint density at radius 2 is 2.27 bits per heavy atom. The van der Waals surface area contributed by atoms with Crippen LogP contribution in [0, 0.1) is 0 Å². The van der Waals surface area contributed by atoms with E-state index in [0.717, 1.165) is 0 Å². The average Bonchev–Trinajstić information content (AvgIpc) is 2.46. The quantitative estimate of drug-likeness (QED) is 0.783. The molecule has 1 amide bonds. The zero-order valence-electron chi connectivity index (χ0n) is 8.19. The molecule has 82 valence electrons. The van der Waals surface area contributed by atoms with Gasteiger partial charge in [0.05, 0.1) is 0 Å². The van der Waals surface area contributed by atoms with Gasteiger partial charge in [-0.05, 0) is 6.92 Å². The van der Waals surface area contributed by atoms with Crippen LogP contribution in [-0.2, 0) is 11.8 Å². The highest BCUT2D eigenvalue weighted by molar-refractivity contribution is 6.30. The SMILES string of the molecule is C[C@H](NC(=O)c1cc(Cl)n(C)n1)C(=O)O. The smallest absolute Gasteiger partial charge is 0.325 e. The van der Waals surface area contributed by atoms with Crippen LogP contribution >= 0.6 is 11.6 Å². The molecule has 0 fully saturated rings. The highest BCUT2D eigenvalue weighted by atomic mass is 35.5. The van der Waals surface area contributed by atoms with Gasteiger partial charge in [-0.1, -0.05) is 11.6 Å². The third-order valence-electron chi connectivity index (χ3n) is 1.77. The second kappa shape index (κ2) is 4.31. The van der Waals surface area contributed by atoms with Crippen molar-refractivity contribution in [2.75, 3.05) is 0 Å².